The molecule has 1 amide bonds. The van der Waals surface area contributed by atoms with Crippen LogP contribution in [-0.2, 0) is 17.7 Å². The van der Waals surface area contributed by atoms with Crippen molar-refractivity contribution in [3.05, 3.63) is 58.2 Å². The van der Waals surface area contributed by atoms with Crippen LogP contribution in [0.25, 0.3) is 10.7 Å². The first-order valence-corrected chi connectivity index (χ1v) is 9.70. The smallest absolute Gasteiger partial charge is 0.254 e. The molecule has 0 radical (unpaired) electrons. The van der Waals surface area contributed by atoms with Gasteiger partial charge in [0, 0.05) is 42.2 Å². The Morgan fingerprint density at radius 3 is 3.00 bits per heavy atom. The number of aliphatic imine (C=N–C) groups is 1. The molecule has 0 aliphatic carbocycles. The molecule has 0 saturated carbocycles. The number of nitrogens with zero attached hydrogens (tertiary/aromatic N) is 4. The lowest BCUT2D eigenvalue weighted by molar-refractivity contribution is 0.0780. The van der Waals surface area contributed by atoms with Gasteiger partial charge in [0.05, 0.1) is 17.9 Å². The van der Waals surface area contributed by atoms with Gasteiger partial charge in [-0.3, -0.25) is 9.89 Å². The molecule has 5 rings (SSSR count). The maximum atomic E-state index is 12.8. The number of amides is 1. The Kier molecular flexibility index (Phi) is 3.97. The topological polar surface area (TPSA) is 83.5 Å². The third kappa shape index (κ3) is 2.91. The molecule has 0 unspecified atom stereocenters. The zero-order chi connectivity index (χ0) is 18.2. The molecule has 27 heavy (non-hydrogen) atoms. The quantitative estimate of drug-likeness (QED) is 0.738. The Morgan fingerprint density at radius 2 is 2.19 bits per heavy atom. The molecule has 2 aromatic heterocycles. The van der Waals surface area contributed by atoms with Crippen LogP contribution in [0.1, 0.15) is 27.2 Å². The highest BCUT2D eigenvalue weighted by Gasteiger charge is 2.31. The van der Waals surface area contributed by atoms with E-state index in [9.17, 15) is 4.79 Å². The average molecular weight is 379 g/mol. The highest BCUT2D eigenvalue weighted by Crippen LogP contribution is 2.28. The number of carbonyl (C=O) groups is 1. The highest BCUT2D eigenvalue weighted by molar-refractivity contribution is 7.13. The second kappa shape index (κ2) is 6.62. The van der Waals surface area contributed by atoms with Crippen molar-refractivity contribution in [2.45, 2.75) is 13.0 Å². The Labute approximate surface area is 159 Å². The maximum absolute atomic E-state index is 12.8. The third-order valence-corrected chi connectivity index (χ3v) is 5.70. The Balaban J connectivity index is 1.31. The number of H-pyrrole nitrogens is 1. The normalized spacial score (nSPS) is 15.8. The fourth-order valence-corrected chi connectivity index (χ4v) is 4.27. The summed E-state index contributed by atoms with van der Waals surface area (Å²) in [5.41, 5.74) is 4.60. The van der Waals surface area contributed by atoms with Crippen molar-refractivity contribution >= 4 is 23.1 Å². The average Bonchev–Trinajstić information content (AvgIpc) is 3.46. The van der Waals surface area contributed by atoms with Crippen LogP contribution in [0.3, 0.4) is 0 Å². The van der Waals surface area contributed by atoms with Gasteiger partial charge in [0.1, 0.15) is 11.6 Å². The maximum Gasteiger partial charge on any atom is 0.254 e. The standard InChI is InChI=1S/C19H17N5O2S/c25-19-14-3-1-2-13(17-20-7-9-26-17)15(14)10-24(19)8-5-12-11-27-18(22-12)16-4-6-21-23-16/h1-4,6,11H,5,7-10H2,(H,21,23). The second-order valence-electron chi connectivity index (χ2n) is 6.46. The number of fused-ring (bicyclic) bond motifs is 1. The summed E-state index contributed by atoms with van der Waals surface area (Å²) in [5.74, 6) is 0.722. The molecular formula is C19H17N5O2S. The fraction of sp³-hybridized carbons (Fsp3) is 0.263. The van der Waals surface area contributed by atoms with Crippen LogP contribution < -0.4 is 0 Å². The molecule has 0 atom stereocenters. The van der Waals surface area contributed by atoms with Crippen molar-refractivity contribution in [2.75, 3.05) is 19.7 Å². The van der Waals surface area contributed by atoms with E-state index in [4.69, 9.17) is 4.74 Å². The van der Waals surface area contributed by atoms with E-state index in [0.717, 1.165) is 39.5 Å². The van der Waals surface area contributed by atoms with Crippen molar-refractivity contribution in [3.8, 4) is 10.7 Å². The van der Waals surface area contributed by atoms with Gasteiger partial charge in [-0.2, -0.15) is 5.10 Å². The number of hydrogen-bond acceptors (Lipinski definition) is 6. The molecule has 0 bridgehead atoms. The lowest BCUT2D eigenvalue weighted by Gasteiger charge is -2.14. The zero-order valence-corrected chi connectivity index (χ0v) is 15.3. The molecule has 2 aliphatic rings. The number of benzene rings is 1. The summed E-state index contributed by atoms with van der Waals surface area (Å²) in [7, 11) is 0. The van der Waals surface area contributed by atoms with Gasteiger partial charge in [0.15, 0.2) is 0 Å². The second-order valence-corrected chi connectivity index (χ2v) is 7.32. The number of ether oxygens (including phenoxy) is 1. The molecule has 0 spiro atoms. The summed E-state index contributed by atoms with van der Waals surface area (Å²) in [6.45, 7) is 2.51. The summed E-state index contributed by atoms with van der Waals surface area (Å²) in [5, 5.41) is 9.84. The Bertz CT molecular complexity index is 1020. The Hall–Kier alpha value is -3.00. The molecule has 8 heteroatoms. The first-order valence-electron chi connectivity index (χ1n) is 8.82. The van der Waals surface area contributed by atoms with E-state index in [1.54, 1.807) is 17.5 Å². The van der Waals surface area contributed by atoms with Crippen LogP contribution in [0.5, 0.6) is 0 Å². The SMILES string of the molecule is O=C1c2cccc(C3=NCCO3)c2CN1CCc1csc(-c2ccn[nH]2)n1. The number of rotatable bonds is 5. The first-order chi connectivity index (χ1) is 13.3. The van der Waals surface area contributed by atoms with Gasteiger partial charge in [-0.15, -0.1) is 11.3 Å². The van der Waals surface area contributed by atoms with Crippen molar-refractivity contribution in [3.63, 3.8) is 0 Å². The minimum Gasteiger partial charge on any atom is -0.476 e. The summed E-state index contributed by atoms with van der Waals surface area (Å²) >= 11 is 1.58. The predicted octanol–water partition coefficient (Wildman–Crippen LogP) is 2.51. The van der Waals surface area contributed by atoms with Gasteiger partial charge in [0.2, 0.25) is 5.90 Å². The number of aromatic nitrogens is 3. The minimum absolute atomic E-state index is 0.0643. The molecule has 0 fully saturated rings. The number of nitrogens with one attached hydrogen (secondary N) is 1. The molecule has 2 aliphatic heterocycles. The van der Waals surface area contributed by atoms with E-state index in [2.05, 4.69) is 20.2 Å². The van der Waals surface area contributed by atoms with E-state index < -0.39 is 0 Å². The molecule has 0 saturated heterocycles. The minimum atomic E-state index is 0.0643. The van der Waals surface area contributed by atoms with Crippen molar-refractivity contribution in [1.82, 2.24) is 20.1 Å². The predicted molar refractivity (Wildman–Crippen MR) is 102 cm³/mol. The van der Waals surface area contributed by atoms with E-state index >= 15 is 0 Å². The molecule has 4 heterocycles. The largest absolute Gasteiger partial charge is 0.476 e. The molecule has 136 valence electrons. The summed E-state index contributed by atoms with van der Waals surface area (Å²) in [6, 6.07) is 7.67. The van der Waals surface area contributed by atoms with Gasteiger partial charge in [-0.1, -0.05) is 6.07 Å². The summed E-state index contributed by atoms with van der Waals surface area (Å²) < 4.78 is 5.61. The van der Waals surface area contributed by atoms with Crippen LogP contribution in [0.2, 0.25) is 0 Å². The molecule has 1 N–H and O–H groups in total. The van der Waals surface area contributed by atoms with Crippen LogP contribution in [-0.4, -0.2) is 51.6 Å². The van der Waals surface area contributed by atoms with Crippen molar-refractivity contribution < 1.29 is 9.53 Å². The number of thiazole rings is 1. The molecule has 3 aromatic rings. The monoisotopic (exact) mass is 379 g/mol. The van der Waals surface area contributed by atoms with Gasteiger partial charge in [0.25, 0.3) is 5.91 Å². The number of aromatic amines is 1. The van der Waals surface area contributed by atoms with E-state index in [0.29, 0.717) is 32.1 Å². The molecule has 7 nitrogen and oxygen atoms in total. The third-order valence-electron chi connectivity index (χ3n) is 4.78. The van der Waals surface area contributed by atoms with Crippen LogP contribution >= 0.6 is 11.3 Å². The summed E-state index contributed by atoms with van der Waals surface area (Å²) in [4.78, 5) is 23.7. The zero-order valence-electron chi connectivity index (χ0n) is 14.5. The van der Waals surface area contributed by atoms with Crippen LogP contribution in [0.4, 0.5) is 0 Å². The highest BCUT2D eigenvalue weighted by atomic mass is 32.1. The van der Waals surface area contributed by atoms with Crippen molar-refractivity contribution in [2.24, 2.45) is 4.99 Å². The van der Waals surface area contributed by atoms with Crippen LogP contribution in [0, 0.1) is 0 Å². The van der Waals surface area contributed by atoms with E-state index in [-0.39, 0.29) is 5.91 Å². The number of hydrogen-bond donors (Lipinski definition) is 1. The lowest BCUT2D eigenvalue weighted by atomic mass is 10.0. The lowest BCUT2D eigenvalue weighted by Crippen LogP contribution is -2.26. The molecule has 1 aromatic carbocycles. The van der Waals surface area contributed by atoms with Gasteiger partial charge < -0.3 is 9.64 Å². The number of carbonyl (C=O) groups excluding carboxylic acids is 1. The first kappa shape index (κ1) is 16.2. The van der Waals surface area contributed by atoms with Gasteiger partial charge >= 0.3 is 0 Å². The van der Waals surface area contributed by atoms with Crippen LogP contribution in [0.15, 0.2) is 40.8 Å². The fourth-order valence-electron chi connectivity index (χ4n) is 3.44. The van der Waals surface area contributed by atoms with Gasteiger partial charge in [-0.05, 0) is 23.8 Å². The Morgan fingerprint density at radius 1 is 1.26 bits per heavy atom. The molecular weight excluding hydrogens is 362 g/mol. The van der Waals surface area contributed by atoms with Crippen molar-refractivity contribution in [1.29, 1.82) is 0 Å². The summed E-state index contributed by atoms with van der Waals surface area (Å²) in [6.07, 6.45) is 2.43. The van der Waals surface area contributed by atoms with E-state index in [1.807, 2.05) is 34.5 Å². The van der Waals surface area contributed by atoms with Gasteiger partial charge in [-0.25, -0.2) is 9.98 Å². The van der Waals surface area contributed by atoms with E-state index in [1.165, 1.54) is 0 Å².